The monoisotopic (exact) mass is 382 g/mol. The van der Waals surface area contributed by atoms with Gasteiger partial charge in [-0.1, -0.05) is 23.7 Å². The van der Waals surface area contributed by atoms with Crippen LogP contribution in [0, 0.1) is 13.8 Å². The summed E-state index contributed by atoms with van der Waals surface area (Å²) in [4.78, 5) is 21.5. The first kappa shape index (κ1) is 17.5. The van der Waals surface area contributed by atoms with Gasteiger partial charge in [0.15, 0.2) is 5.65 Å². The molecule has 1 N–H and O–H groups in total. The summed E-state index contributed by atoms with van der Waals surface area (Å²) in [5, 5.41) is 8.14. The predicted octanol–water partition coefficient (Wildman–Crippen LogP) is 3.36. The number of aromatic nitrogens is 6. The summed E-state index contributed by atoms with van der Waals surface area (Å²) in [6, 6.07) is 10.9. The molecule has 1 aromatic carbocycles. The first-order chi connectivity index (χ1) is 12.9. The summed E-state index contributed by atoms with van der Waals surface area (Å²) < 4.78 is 3.31. The molecule has 138 valence electrons. The molecule has 27 heavy (non-hydrogen) atoms. The van der Waals surface area contributed by atoms with Crippen LogP contribution in [-0.4, -0.2) is 29.4 Å². The minimum absolute atomic E-state index is 0.0480. The maximum absolute atomic E-state index is 12.5. The van der Waals surface area contributed by atoms with Crippen molar-refractivity contribution < 1.29 is 0 Å². The fraction of sp³-hybridized carbons (Fsp3) is 0.263. The van der Waals surface area contributed by atoms with Crippen LogP contribution < -0.4 is 5.56 Å². The average molecular weight is 383 g/mol. The predicted molar refractivity (Wildman–Crippen MR) is 104 cm³/mol. The fourth-order valence-corrected chi connectivity index (χ4v) is 3.48. The zero-order chi connectivity index (χ0) is 19.1. The molecular formula is C19H19ClN6O. The molecule has 0 aliphatic carbocycles. The van der Waals surface area contributed by atoms with Gasteiger partial charge in [0.1, 0.15) is 11.6 Å². The first-order valence-electron chi connectivity index (χ1n) is 8.68. The zero-order valence-electron chi connectivity index (χ0n) is 15.3. The van der Waals surface area contributed by atoms with Crippen LogP contribution in [0.3, 0.4) is 0 Å². The van der Waals surface area contributed by atoms with Crippen LogP contribution >= 0.6 is 11.6 Å². The number of fused-ring (bicyclic) bond motifs is 1. The van der Waals surface area contributed by atoms with Gasteiger partial charge in [-0.2, -0.15) is 5.10 Å². The molecule has 4 aromatic rings. The van der Waals surface area contributed by atoms with E-state index >= 15 is 0 Å². The lowest BCUT2D eigenvalue weighted by molar-refractivity contribution is 0.469. The van der Waals surface area contributed by atoms with E-state index in [1.165, 1.54) is 4.52 Å². The van der Waals surface area contributed by atoms with E-state index in [1.807, 2.05) is 55.8 Å². The fourth-order valence-electron chi connectivity index (χ4n) is 3.29. The van der Waals surface area contributed by atoms with Crippen LogP contribution in [0.15, 0.2) is 41.2 Å². The van der Waals surface area contributed by atoms with E-state index in [-0.39, 0.29) is 11.6 Å². The molecule has 1 atom stereocenters. The van der Waals surface area contributed by atoms with Crippen LogP contribution in [0.2, 0.25) is 5.02 Å². The van der Waals surface area contributed by atoms with E-state index in [2.05, 4.69) is 20.2 Å². The molecule has 0 saturated heterocycles. The number of rotatable bonds is 4. The van der Waals surface area contributed by atoms with Crippen molar-refractivity contribution in [2.45, 2.75) is 33.2 Å². The summed E-state index contributed by atoms with van der Waals surface area (Å²) >= 11 is 6.07. The third-order valence-electron chi connectivity index (χ3n) is 4.47. The molecule has 3 aromatic heterocycles. The Morgan fingerprint density at radius 3 is 2.70 bits per heavy atom. The molecule has 0 spiro atoms. The molecule has 0 saturated carbocycles. The Labute approximate surface area is 160 Å². The average Bonchev–Trinajstić information content (AvgIpc) is 3.18. The second-order valence-electron chi connectivity index (χ2n) is 6.66. The highest BCUT2D eigenvalue weighted by atomic mass is 35.5. The number of aromatic amines is 1. The van der Waals surface area contributed by atoms with Crippen LogP contribution in [0.4, 0.5) is 0 Å². The summed E-state index contributed by atoms with van der Waals surface area (Å²) in [6.45, 7) is 5.83. The normalized spacial score (nSPS) is 12.6. The van der Waals surface area contributed by atoms with Crippen molar-refractivity contribution in [3.63, 3.8) is 0 Å². The Kier molecular flexibility index (Phi) is 4.31. The van der Waals surface area contributed by atoms with Crippen LogP contribution in [-0.2, 0) is 6.42 Å². The molecule has 8 heteroatoms. The quantitative estimate of drug-likeness (QED) is 0.586. The van der Waals surface area contributed by atoms with Gasteiger partial charge in [-0.15, -0.1) is 0 Å². The van der Waals surface area contributed by atoms with Gasteiger partial charge in [-0.05, 0) is 32.9 Å². The van der Waals surface area contributed by atoms with Crippen molar-refractivity contribution in [1.82, 2.24) is 29.4 Å². The smallest absolute Gasteiger partial charge is 0.272 e. The minimum Gasteiger partial charge on any atom is -0.289 e. The molecule has 0 bridgehead atoms. The van der Waals surface area contributed by atoms with Crippen LogP contribution in [0.5, 0.6) is 0 Å². The Bertz CT molecular complexity index is 1190. The lowest BCUT2D eigenvalue weighted by atomic mass is 10.1. The standard InChI is InChI=1S/C19H19ClN6O/c1-11(25-13(3)21-12(2)23-25)7-16-9-19(27)26-18(22-16)10-17(24-26)14-5-4-6-15(20)8-14/h4-6,8-11,24H,7H2,1-3H3/t11-/m0/s1. The number of nitrogens with one attached hydrogen (secondary N) is 1. The van der Waals surface area contributed by atoms with Crippen LogP contribution in [0.25, 0.3) is 16.9 Å². The van der Waals surface area contributed by atoms with Gasteiger partial charge >= 0.3 is 0 Å². The maximum Gasteiger partial charge on any atom is 0.272 e. The third kappa shape index (κ3) is 3.38. The van der Waals surface area contributed by atoms with E-state index in [0.717, 1.165) is 28.6 Å². The van der Waals surface area contributed by atoms with E-state index in [1.54, 1.807) is 6.07 Å². The van der Waals surface area contributed by atoms with Crippen molar-refractivity contribution in [2.24, 2.45) is 0 Å². The molecule has 0 aliphatic heterocycles. The van der Waals surface area contributed by atoms with Gasteiger partial charge in [0, 0.05) is 29.1 Å². The number of H-pyrrole nitrogens is 1. The lowest BCUT2D eigenvalue weighted by Crippen LogP contribution is -2.18. The Morgan fingerprint density at radius 2 is 2.00 bits per heavy atom. The summed E-state index contributed by atoms with van der Waals surface area (Å²) in [7, 11) is 0. The van der Waals surface area contributed by atoms with Crippen molar-refractivity contribution in [1.29, 1.82) is 0 Å². The summed E-state index contributed by atoms with van der Waals surface area (Å²) in [5.41, 5.74) is 2.83. The number of halogens is 1. The molecule has 7 nitrogen and oxygen atoms in total. The number of benzene rings is 1. The maximum atomic E-state index is 12.5. The second kappa shape index (κ2) is 6.66. The number of hydrogen-bond acceptors (Lipinski definition) is 4. The number of hydrogen-bond donors (Lipinski definition) is 1. The largest absolute Gasteiger partial charge is 0.289 e. The molecule has 3 heterocycles. The highest BCUT2D eigenvalue weighted by molar-refractivity contribution is 6.30. The van der Waals surface area contributed by atoms with Crippen molar-refractivity contribution in [3.05, 3.63) is 69.1 Å². The minimum atomic E-state index is -0.151. The molecular weight excluding hydrogens is 364 g/mol. The van der Waals surface area contributed by atoms with Crippen molar-refractivity contribution in [2.75, 3.05) is 0 Å². The van der Waals surface area contributed by atoms with Gasteiger partial charge in [-0.25, -0.2) is 19.2 Å². The first-order valence-corrected chi connectivity index (χ1v) is 9.06. The van der Waals surface area contributed by atoms with Crippen molar-refractivity contribution >= 4 is 17.2 Å². The van der Waals surface area contributed by atoms with Gasteiger partial charge in [0.05, 0.1) is 17.4 Å². The Hall–Kier alpha value is -2.93. The molecule has 0 aliphatic rings. The van der Waals surface area contributed by atoms with Gasteiger partial charge in [-0.3, -0.25) is 9.89 Å². The highest BCUT2D eigenvalue weighted by Gasteiger charge is 2.14. The van der Waals surface area contributed by atoms with E-state index < -0.39 is 0 Å². The van der Waals surface area contributed by atoms with Crippen molar-refractivity contribution in [3.8, 4) is 11.3 Å². The molecule has 0 unspecified atom stereocenters. The SMILES string of the molecule is Cc1nc(C)n([C@@H](C)Cc2cc(=O)n3[nH]c(-c4cccc(Cl)c4)cc3n2)n1. The number of aryl methyl sites for hydroxylation is 2. The Morgan fingerprint density at radius 1 is 1.19 bits per heavy atom. The molecule has 0 fully saturated rings. The summed E-state index contributed by atoms with van der Waals surface area (Å²) in [5.74, 6) is 1.59. The third-order valence-corrected chi connectivity index (χ3v) is 4.70. The van der Waals surface area contributed by atoms with Crippen LogP contribution in [0.1, 0.15) is 30.3 Å². The van der Waals surface area contributed by atoms with E-state index in [4.69, 9.17) is 11.6 Å². The Balaban J connectivity index is 1.69. The lowest BCUT2D eigenvalue weighted by Gasteiger charge is -2.12. The zero-order valence-corrected chi connectivity index (χ0v) is 16.0. The topological polar surface area (TPSA) is 80.9 Å². The highest BCUT2D eigenvalue weighted by Crippen LogP contribution is 2.22. The molecule has 0 radical (unpaired) electrons. The van der Waals surface area contributed by atoms with Gasteiger partial charge in [0.25, 0.3) is 5.56 Å². The van der Waals surface area contributed by atoms with E-state index in [0.29, 0.717) is 17.1 Å². The second-order valence-corrected chi connectivity index (χ2v) is 7.10. The van der Waals surface area contributed by atoms with E-state index in [9.17, 15) is 4.79 Å². The molecule has 4 rings (SSSR count). The molecule has 0 amide bonds. The number of nitrogens with zero attached hydrogens (tertiary/aromatic N) is 5. The van der Waals surface area contributed by atoms with Gasteiger partial charge < -0.3 is 0 Å². The van der Waals surface area contributed by atoms with Gasteiger partial charge in [0.2, 0.25) is 0 Å². The summed E-state index contributed by atoms with van der Waals surface area (Å²) in [6.07, 6.45) is 0.590.